The van der Waals surface area contributed by atoms with Crippen molar-refractivity contribution in [1.82, 2.24) is 0 Å². The number of hydrogen-bond donors (Lipinski definition) is 1. The molecule has 0 aromatic heterocycles. The molecule has 0 aliphatic carbocycles. The molecule has 0 bridgehead atoms. The van der Waals surface area contributed by atoms with E-state index in [2.05, 4.69) is 5.32 Å². The van der Waals surface area contributed by atoms with Gasteiger partial charge in [0.05, 0.1) is 23.4 Å². The predicted molar refractivity (Wildman–Crippen MR) is 54.4 cm³/mol. The molecule has 1 aromatic rings. The number of para-hydroxylation sites is 1. The van der Waals surface area contributed by atoms with Crippen molar-refractivity contribution in [1.29, 1.82) is 0 Å². The molecule has 1 saturated heterocycles. The van der Waals surface area contributed by atoms with Crippen LogP contribution in [0.3, 0.4) is 0 Å². The van der Waals surface area contributed by atoms with E-state index in [0.717, 1.165) is 23.9 Å². The van der Waals surface area contributed by atoms with Crippen LogP contribution in [0, 0.1) is 6.92 Å². The Morgan fingerprint density at radius 1 is 1.62 bits per heavy atom. The van der Waals surface area contributed by atoms with E-state index in [9.17, 15) is 0 Å². The molecule has 2 nitrogen and oxygen atoms in total. The lowest BCUT2D eigenvalue weighted by Crippen LogP contribution is -2.08. The molecule has 1 aliphatic rings. The highest BCUT2D eigenvalue weighted by Crippen LogP contribution is 2.25. The first kappa shape index (κ1) is 8.85. The summed E-state index contributed by atoms with van der Waals surface area (Å²) in [5, 5.41) is 4.06. The highest BCUT2D eigenvalue weighted by atomic mass is 35.5. The van der Waals surface area contributed by atoms with Crippen molar-refractivity contribution in [2.45, 2.75) is 13.0 Å². The summed E-state index contributed by atoms with van der Waals surface area (Å²) < 4.78 is 5.10. The fourth-order valence-electron chi connectivity index (χ4n) is 1.26. The largest absolute Gasteiger partial charge is 0.381 e. The summed E-state index contributed by atoms with van der Waals surface area (Å²) in [5.74, 6) is 0. The summed E-state index contributed by atoms with van der Waals surface area (Å²) >= 11 is 6.03. The van der Waals surface area contributed by atoms with E-state index in [1.807, 2.05) is 25.1 Å². The van der Waals surface area contributed by atoms with Gasteiger partial charge in [0.2, 0.25) is 0 Å². The summed E-state index contributed by atoms with van der Waals surface area (Å²) in [6, 6.07) is 5.89. The van der Waals surface area contributed by atoms with Gasteiger partial charge in [-0.15, -0.1) is 0 Å². The van der Waals surface area contributed by atoms with Crippen LogP contribution >= 0.6 is 11.6 Å². The lowest BCUT2D eigenvalue weighted by atomic mass is 10.2. The zero-order valence-electron chi connectivity index (χ0n) is 7.51. The van der Waals surface area contributed by atoms with Crippen LogP contribution in [0.1, 0.15) is 5.56 Å². The molecule has 2 rings (SSSR count). The van der Waals surface area contributed by atoms with Crippen LogP contribution in [0.25, 0.3) is 0 Å². The van der Waals surface area contributed by atoms with E-state index in [1.54, 1.807) is 0 Å². The first-order chi connectivity index (χ1) is 6.27. The summed E-state index contributed by atoms with van der Waals surface area (Å²) in [6.45, 7) is 3.77. The Labute approximate surface area is 82.9 Å². The van der Waals surface area contributed by atoms with E-state index in [4.69, 9.17) is 16.3 Å². The van der Waals surface area contributed by atoms with Crippen molar-refractivity contribution in [2.24, 2.45) is 0 Å². The first-order valence-electron chi connectivity index (χ1n) is 4.38. The normalized spacial score (nSPS) is 20.0. The van der Waals surface area contributed by atoms with Gasteiger partial charge in [0.15, 0.2) is 0 Å². The number of benzene rings is 1. The third-order valence-electron chi connectivity index (χ3n) is 2.13. The minimum Gasteiger partial charge on any atom is -0.381 e. The molecule has 70 valence electrons. The Balaban J connectivity index is 2.07. The smallest absolute Gasteiger partial charge is 0.0981 e. The molecule has 0 saturated carbocycles. The minimum absolute atomic E-state index is 0.385. The number of aryl methyl sites for hydroxylation is 1. The zero-order chi connectivity index (χ0) is 9.26. The first-order valence-corrected chi connectivity index (χ1v) is 4.76. The summed E-state index contributed by atoms with van der Waals surface area (Å²) in [7, 11) is 0. The number of hydrogen-bond acceptors (Lipinski definition) is 2. The third kappa shape index (κ3) is 2.14. The number of epoxide rings is 1. The van der Waals surface area contributed by atoms with Crippen LogP contribution in [0.4, 0.5) is 5.69 Å². The monoisotopic (exact) mass is 197 g/mol. The number of nitrogens with one attached hydrogen (secondary N) is 1. The fourth-order valence-corrected chi connectivity index (χ4v) is 1.55. The maximum atomic E-state index is 6.03. The fraction of sp³-hybridized carbons (Fsp3) is 0.400. The molecule has 1 aromatic carbocycles. The maximum absolute atomic E-state index is 6.03. The third-order valence-corrected chi connectivity index (χ3v) is 2.45. The van der Waals surface area contributed by atoms with Crippen LogP contribution in [0.5, 0.6) is 0 Å². The van der Waals surface area contributed by atoms with Crippen molar-refractivity contribution >= 4 is 17.3 Å². The Bertz CT molecular complexity index is 290. The summed E-state index contributed by atoms with van der Waals surface area (Å²) in [4.78, 5) is 0. The zero-order valence-corrected chi connectivity index (χ0v) is 8.27. The summed E-state index contributed by atoms with van der Waals surface area (Å²) in [5.41, 5.74) is 2.20. The Hall–Kier alpha value is -0.730. The molecule has 0 spiro atoms. The molecule has 0 amide bonds. The second kappa shape index (κ2) is 3.56. The van der Waals surface area contributed by atoms with E-state index >= 15 is 0 Å². The number of ether oxygens (including phenoxy) is 1. The van der Waals surface area contributed by atoms with Crippen LogP contribution in [-0.4, -0.2) is 19.3 Å². The lowest BCUT2D eigenvalue weighted by Gasteiger charge is -2.09. The van der Waals surface area contributed by atoms with Crippen molar-refractivity contribution in [3.63, 3.8) is 0 Å². The molecule has 13 heavy (non-hydrogen) atoms. The Morgan fingerprint density at radius 3 is 3.00 bits per heavy atom. The van der Waals surface area contributed by atoms with E-state index in [1.165, 1.54) is 5.56 Å². The van der Waals surface area contributed by atoms with Gasteiger partial charge in [0, 0.05) is 6.54 Å². The van der Waals surface area contributed by atoms with E-state index < -0.39 is 0 Å². The molecule has 1 aliphatic heterocycles. The Kier molecular flexibility index (Phi) is 2.42. The summed E-state index contributed by atoms with van der Waals surface area (Å²) in [6.07, 6.45) is 0.385. The molecular weight excluding hydrogens is 186 g/mol. The lowest BCUT2D eigenvalue weighted by molar-refractivity contribution is 0.416. The van der Waals surface area contributed by atoms with Gasteiger partial charge in [-0.2, -0.15) is 0 Å². The molecule has 1 unspecified atom stereocenters. The molecule has 1 atom stereocenters. The van der Waals surface area contributed by atoms with Gasteiger partial charge in [-0.1, -0.05) is 23.7 Å². The van der Waals surface area contributed by atoms with Crippen LogP contribution < -0.4 is 5.32 Å². The second-order valence-corrected chi connectivity index (χ2v) is 3.68. The highest BCUT2D eigenvalue weighted by molar-refractivity contribution is 6.33. The number of rotatable bonds is 3. The molecule has 1 N–H and O–H groups in total. The maximum Gasteiger partial charge on any atom is 0.0981 e. The minimum atomic E-state index is 0.385. The molecular formula is C10H12ClNO. The standard InChI is InChI=1S/C10H12ClNO/c1-7-3-2-4-9(11)10(7)12-5-8-6-13-8/h2-4,8,12H,5-6H2,1H3. The van der Waals surface area contributed by atoms with Crippen molar-refractivity contribution < 1.29 is 4.74 Å². The van der Waals surface area contributed by atoms with Gasteiger partial charge in [-0.05, 0) is 18.6 Å². The van der Waals surface area contributed by atoms with Crippen molar-refractivity contribution in [3.8, 4) is 0 Å². The van der Waals surface area contributed by atoms with Crippen molar-refractivity contribution in [2.75, 3.05) is 18.5 Å². The van der Waals surface area contributed by atoms with Gasteiger partial charge in [-0.25, -0.2) is 0 Å². The van der Waals surface area contributed by atoms with Gasteiger partial charge < -0.3 is 10.1 Å². The predicted octanol–water partition coefficient (Wildman–Crippen LogP) is 2.46. The number of halogens is 1. The topological polar surface area (TPSA) is 24.6 Å². The van der Waals surface area contributed by atoms with Crippen LogP contribution in [-0.2, 0) is 4.74 Å². The van der Waals surface area contributed by atoms with Gasteiger partial charge in [-0.3, -0.25) is 0 Å². The van der Waals surface area contributed by atoms with Gasteiger partial charge in [0.1, 0.15) is 0 Å². The Morgan fingerprint density at radius 2 is 2.38 bits per heavy atom. The van der Waals surface area contributed by atoms with Crippen LogP contribution in [0.15, 0.2) is 18.2 Å². The molecule has 1 fully saturated rings. The van der Waals surface area contributed by atoms with Gasteiger partial charge in [0.25, 0.3) is 0 Å². The molecule has 1 heterocycles. The second-order valence-electron chi connectivity index (χ2n) is 3.27. The molecule has 0 radical (unpaired) electrons. The van der Waals surface area contributed by atoms with Crippen molar-refractivity contribution in [3.05, 3.63) is 28.8 Å². The molecule has 3 heteroatoms. The van der Waals surface area contributed by atoms with Crippen LogP contribution in [0.2, 0.25) is 5.02 Å². The van der Waals surface area contributed by atoms with E-state index in [0.29, 0.717) is 6.10 Å². The quantitative estimate of drug-likeness (QED) is 0.753. The number of anilines is 1. The average molecular weight is 198 g/mol. The average Bonchev–Trinajstić information content (AvgIpc) is 2.87. The highest BCUT2D eigenvalue weighted by Gasteiger charge is 2.22. The van der Waals surface area contributed by atoms with E-state index in [-0.39, 0.29) is 0 Å². The SMILES string of the molecule is Cc1cccc(Cl)c1NCC1CO1. The van der Waals surface area contributed by atoms with Gasteiger partial charge >= 0.3 is 0 Å².